The number of hydrogen-bond acceptors (Lipinski definition) is 3. The van der Waals surface area contributed by atoms with Gasteiger partial charge in [-0.05, 0) is 41.1 Å². The number of halogens is 2. The first-order chi connectivity index (χ1) is 9.01. The van der Waals surface area contributed by atoms with Gasteiger partial charge in [-0.3, -0.25) is 4.79 Å². The van der Waals surface area contributed by atoms with Gasteiger partial charge in [0.2, 0.25) is 0 Å². The topological polar surface area (TPSA) is 49.8 Å². The molecule has 19 heavy (non-hydrogen) atoms. The van der Waals surface area contributed by atoms with E-state index >= 15 is 0 Å². The Morgan fingerprint density at radius 2 is 2.32 bits per heavy atom. The number of hydrogen-bond donors (Lipinski definition) is 1. The molecule has 1 aromatic carbocycles. The largest absolute Gasteiger partial charge is 0.394 e. The Bertz CT molecular complexity index is 483. The van der Waals surface area contributed by atoms with Gasteiger partial charge in [-0.25, -0.2) is 4.39 Å². The van der Waals surface area contributed by atoms with E-state index in [2.05, 4.69) is 15.9 Å². The van der Waals surface area contributed by atoms with Crippen LogP contribution in [-0.4, -0.2) is 47.8 Å². The van der Waals surface area contributed by atoms with Crippen molar-refractivity contribution < 1.29 is 19.0 Å². The maximum absolute atomic E-state index is 13.2. The van der Waals surface area contributed by atoms with E-state index < -0.39 is 5.82 Å². The Morgan fingerprint density at radius 1 is 1.58 bits per heavy atom. The second-order valence-corrected chi connectivity index (χ2v) is 5.44. The molecule has 0 spiro atoms. The second kappa shape index (κ2) is 5.98. The summed E-state index contributed by atoms with van der Waals surface area (Å²) < 4.78 is 18.9. The monoisotopic (exact) mass is 331 g/mol. The van der Waals surface area contributed by atoms with Gasteiger partial charge in [0.25, 0.3) is 5.91 Å². The van der Waals surface area contributed by atoms with Crippen molar-refractivity contribution in [3.05, 3.63) is 34.1 Å². The van der Waals surface area contributed by atoms with Crippen LogP contribution >= 0.6 is 15.9 Å². The fraction of sp³-hybridized carbons (Fsp3) is 0.462. The summed E-state index contributed by atoms with van der Waals surface area (Å²) >= 11 is 3.07. The molecule has 1 amide bonds. The molecule has 0 saturated carbocycles. The molecule has 1 aliphatic heterocycles. The van der Waals surface area contributed by atoms with Crippen LogP contribution in [0.25, 0.3) is 0 Å². The average molecular weight is 332 g/mol. The molecule has 0 aromatic heterocycles. The minimum Gasteiger partial charge on any atom is -0.394 e. The van der Waals surface area contributed by atoms with Crippen LogP contribution in [0.3, 0.4) is 0 Å². The predicted molar refractivity (Wildman–Crippen MR) is 71.4 cm³/mol. The molecule has 1 heterocycles. The molecule has 0 bridgehead atoms. The van der Waals surface area contributed by atoms with Crippen molar-refractivity contribution in [1.82, 2.24) is 4.90 Å². The van der Waals surface area contributed by atoms with Crippen molar-refractivity contribution in [2.24, 2.45) is 0 Å². The molecule has 2 rings (SSSR count). The van der Waals surface area contributed by atoms with Crippen LogP contribution in [0, 0.1) is 5.82 Å². The number of carbonyl (C=O) groups excluding carboxylic acids is 1. The molecular formula is C13H15BrFNO3. The van der Waals surface area contributed by atoms with Crippen molar-refractivity contribution >= 4 is 21.8 Å². The van der Waals surface area contributed by atoms with Gasteiger partial charge in [0.15, 0.2) is 0 Å². The smallest absolute Gasteiger partial charge is 0.254 e. The van der Waals surface area contributed by atoms with Crippen LogP contribution in [-0.2, 0) is 4.74 Å². The lowest BCUT2D eigenvalue weighted by Crippen LogP contribution is -2.50. The van der Waals surface area contributed by atoms with Crippen LogP contribution < -0.4 is 0 Å². The number of morpholine rings is 1. The maximum Gasteiger partial charge on any atom is 0.254 e. The van der Waals surface area contributed by atoms with Crippen LogP contribution in [0.5, 0.6) is 0 Å². The Morgan fingerprint density at radius 3 is 2.95 bits per heavy atom. The fourth-order valence-corrected chi connectivity index (χ4v) is 2.50. The maximum atomic E-state index is 13.2. The van der Waals surface area contributed by atoms with Crippen molar-refractivity contribution in [2.45, 2.75) is 19.1 Å². The number of aliphatic hydroxyl groups excluding tert-OH is 1. The number of benzene rings is 1. The first-order valence-electron chi connectivity index (χ1n) is 6.02. The lowest BCUT2D eigenvalue weighted by molar-refractivity contribution is -0.0858. The number of ether oxygens (including phenoxy) is 1. The second-order valence-electron chi connectivity index (χ2n) is 4.59. The highest BCUT2D eigenvalue weighted by atomic mass is 79.9. The fourth-order valence-electron chi connectivity index (χ4n) is 2.12. The molecule has 104 valence electrons. The highest BCUT2D eigenvalue weighted by molar-refractivity contribution is 9.10. The number of amides is 1. The van der Waals surface area contributed by atoms with Gasteiger partial charge in [-0.15, -0.1) is 0 Å². The lowest BCUT2D eigenvalue weighted by Gasteiger charge is -2.36. The lowest BCUT2D eigenvalue weighted by atomic mass is 10.1. The van der Waals surface area contributed by atoms with Gasteiger partial charge in [-0.1, -0.05) is 0 Å². The Labute approximate surface area is 119 Å². The van der Waals surface area contributed by atoms with Crippen LogP contribution in [0.1, 0.15) is 17.3 Å². The standard InChI is InChI=1S/C13H15BrFNO3/c1-8-5-16(6-10(7-17)19-8)13(18)9-2-3-12(15)11(14)4-9/h2-4,8,10,17H,5-7H2,1H3. The van der Waals surface area contributed by atoms with Crippen LogP contribution in [0.4, 0.5) is 4.39 Å². The third-order valence-electron chi connectivity index (χ3n) is 2.98. The molecule has 6 heteroatoms. The zero-order chi connectivity index (χ0) is 14.0. The molecule has 1 aromatic rings. The van der Waals surface area contributed by atoms with E-state index in [1.165, 1.54) is 18.2 Å². The van der Waals surface area contributed by atoms with Gasteiger partial charge in [-0.2, -0.15) is 0 Å². The molecule has 1 aliphatic rings. The van der Waals surface area contributed by atoms with E-state index in [9.17, 15) is 9.18 Å². The van der Waals surface area contributed by atoms with Gasteiger partial charge < -0.3 is 14.7 Å². The van der Waals surface area contributed by atoms with E-state index in [1.807, 2.05) is 6.92 Å². The highest BCUT2D eigenvalue weighted by Crippen LogP contribution is 2.20. The molecule has 0 aliphatic carbocycles. The molecule has 2 unspecified atom stereocenters. The summed E-state index contributed by atoms with van der Waals surface area (Å²) in [7, 11) is 0. The van der Waals surface area contributed by atoms with E-state index in [0.29, 0.717) is 18.7 Å². The number of carbonyl (C=O) groups is 1. The molecule has 1 fully saturated rings. The first kappa shape index (κ1) is 14.4. The number of rotatable bonds is 2. The zero-order valence-corrected chi connectivity index (χ0v) is 12.1. The summed E-state index contributed by atoms with van der Waals surface area (Å²) in [6.07, 6.45) is -0.490. The van der Waals surface area contributed by atoms with Crippen molar-refractivity contribution in [3.8, 4) is 0 Å². The Hall–Kier alpha value is -0.980. The molecule has 2 atom stereocenters. The normalized spacial score (nSPS) is 23.5. The van der Waals surface area contributed by atoms with Crippen LogP contribution in [0.2, 0.25) is 0 Å². The predicted octanol–water partition coefficient (Wildman–Crippen LogP) is 1.81. The van der Waals surface area contributed by atoms with Crippen LogP contribution in [0.15, 0.2) is 22.7 Å². The van der Waals surface area contributed by atoms with E-state index in [4.69, 9.17) is 9.84 Å². The molecule has 1 N–H and O–H groups in total. The molecular weight excluding hydrogens is 317 g/mol. The quantitative estimate of drug-likeness (QED) is 0.899. The molecule has 1 saturated heterocycles. The van der Waals surface area contributed by atoms with Gasteiger partial charge >= 0.3 is 0 Å². The molecule has 4 nitrogen and oxygen atoms in total. The zero-order valence-electron chi connectivity index (χ0n) is 10.5. The summed E-state index contributed by atoms with van der Waals surface area (Å²) in [5.41, 5.74) is 0.416. The summed E-state index contributed by atoms with van der Waals surface area (Å²) in [5, 5.41) is 9.14. The molecule has 0 radical (unpaired) electrons. The van der Waals surface area contributed by atoms with E-state index in [-0.39, 0.29) is 29.2 Å². The van der Waals surface area contributed by atoms with E-state index in [0.717, 1.165) is 0 Å². The summed E-state index contributed by atoms with van der Waals surface area (Å²) in [6.45, 7) is 2.53. The average Bonchev–Trinajstić information content (AvgIpc) is 2.40. The van der Waals surface area contributed by atoms with Crippen molar-refractivity contribution in [2.75, 3.05) is 19.7 Å². The summed E-state index contributed by atoms with van der Waals surface area (Å²) in [5.74, 6) is -0.588. The van der Waals surface area contributed by atoms with Crippen molar-refractivity contribution in [3.63, 3.8) is 0 Å². The summed E-state index contributed by atoms with van der Waals surface area (Å²) in [6, 6.07) is 4.17. The van der Waals surface area contributed by atoms with Gasteiger partial charge in [0.05, 0.1) is 23.3 Å². The first-order valence-corrected chi connectivity index (χ1v) is 6.81. The van der Waals surface area contributed by atoms with E-state index in [1.54, 1.807) is 4.90 Å². The highest BCUT2D eigenvalue weighted by Gasteiger charge is 2.28. The van der Waals surface area contributed by atoms with Gasteiger partial charge in [0, 0.05) is 18.7 Å². The Kier molecular flexibility index (Phi) is 4.54. The van der Waals surface area contributed by atoms with Crippen molar-refractivity contribution in [1.29, 1.82) is 0 Å². The summed E-state index contributed by atoms with van der Waals surface area (Å²) in [4.78, 5) is 13.9. The third-order valence-corrected chi connectivity index (χ3v) is 3.59. The number of aliphatic hydroxyl groups is 1. The Balaban J connectivity index is 2.16. The minimum atomic E-state index is -0.403. The third kappa shape index (κ3) is 3.32. The van der Waals surface area contributed by atoms with Gasteiger partial charge in [0.1, 0.15) is 5.82 Å². The number of nitrogens with zero attached hydrogens (tertiary/aromatic N) is 1. The minimum absolute atomic E-state index is 0.124. The SMILES string of the molecule is CC1CN(C(=O)c2ccc(F)c(Br)c2)CC(CO)O1.